The van der Waals surface area contributed by atoms with Crippen LogP contribution in [0.1, 0.15) is 0 Å². The summed E-state index contributed by atoms with van der Waals surface area (Å²) >= 11 is 3.29. The van der Waals surface area contributed by atoms with Crippen LogP contribution in [0.15, 0.2) is 22.8 Å². The van der Waals surface area contributed by atoms with Crippen molar-refractivity contribution in [3.8, 4) is 0 Å². The van der Waals surface area contributed by atoms with E-state index in [1.54, 1.807) is 12.3 Å². The number of halogens is 1. The number of hydrogen-bond acceptors (Lipinski definition) is 5. The maximum absolute atomic E-state index is 12.0. The number of pyridine rings is 1. The van der Waals surface area contributed by atoms with E-state index in [-0.39, 0.29) is 5.75 Å². The molecule has 1 saturated heterocycles. The van der Waals surface area contributed by atoms with Crippen molar-refractivity contribution < 1.29 is 13.2 Å². The van der Waals surface area contributed by atoms with Crippen molar-refractivity contribution in [2.45, 2.75) is 0 Å². The fraction of sp³-hybridized carbons (Fsp3) is 0.545. The van der Waals surface area contributed by atoms with Gasteiger partial charge in [0.25, 0.3) is 0 Å². The van der Waals surface area contributed by atoms with E-state index >= 15 is 0 Å². The molecular weight excluding hydrogens is 334 g/mol. The van der Waals surface area contributed by atoms with Gasteiger partial charge in [-0.1, -0.05) is 0 Å². The monoisotopic (exact) mass is 349 g/mol. The van der Waals surface area contributed by atoms with E-state index < -0.39 is 10.0 Å². The molecule has 1 fully saturated rings. The Balaban J connectivity index is 1.82. The zero-order chi connectivity index (χ0) is 13.7. The quantitative estimate of drug-likeness (QED) is 0.855. The van der Waals surface area contributed by atoms with Gasteiger partial charge in [0, 0.05) is 30.3 Å². The standard InChI is InChI=1S/C11H16BrN3O3S/c12-10-1-2-11(14-9-10)13-3-8-19(16,17)15-4-6-18-7-5-15/h1-2,9H,3-8H2,(H,13,14). The molecule has 0 unspecified atom stereocenters. The lowest BCUT2D eigenvalue weighted by atomic mass is 10.4. The number of morpholine rings is 1. The van der Waals surface area contributed by atoms with Crippen molar-refractivity contribution in [2.24, 2.45) is 0 Å². The molecule has 2 rings (SSSR count). The van der Waals surface area contributed by atoms with E-state index in [2.05, 4.69) is 26.2 Å². The summed E-state index contributed by atoms with van der Waals surface area (Å²) in [6.07, 6.45) is 1.67. The minimum absolute atomic E-state index is 0.0603. The fourth-order valence-electron chi connectivity index (χ4n) is 1.74. The SMILES string of the molecule is O=S(=O)(CCNc1ccc(Br)cn1)N1CCOCC1. The van der Waals surface area contributed by atoms with Gasteiger partial charge in [0.2, 0.25) is 10.0 Å². The number of anilines is 1. The van der Waals surface area contributed by atoms with Crippen molar-refractivity contribution in [1.82, 2.24) is 9.29 Å². The molecule has 2 heterocycles. The van der Waals surface area contributed by atoms with Gasteiger partial charge in [-0.25, -0.2) is 13.4 Å². The Kier molecular flexibility index (Phi) is 5.14. The number of nitrogens with zero attached hydrogens (tertiary/aromatic N) is 2. The van der Waals surface area contributed by atoms with Crippen LogP contribution in [0.25, 0.3) is 0 Å². The molecule has 1 aromatic heterocycles. The van der Waals surface area contributed by atoms with E-state index in [9.17, 15) is 8.42 Å². The van der Waals surface area contributed by atoms with Crippen molar-refractivity contribution in [3.63, 3.8) is 0 Å². The van der Waals surface area contributed by atoms with Crippen LogP contribution in [-0.4, -0.2) is 56.3 Å². The minimum Gasteiger partial charge on any atom is -0.379 e. The van der Waals surface area contributed by atoms with Gasteiger partial charge >= 0.3 is 0 Å². The molecule has 0 radical (unpaired) electrons. The van der Waals surface area contributed by atoms with Gasteiger partial charge in [0.15, 0.2) is 0 Å². The molecule has 0 saturated carbocycles. The Bertz CT molecular complexity index is 500. The van der Waals surface area contributed by atoms with Gasteiger partial charge in [-0.15, -0.1) is 0 Å². The summed E-state index contributed by atoms with van der Waals surface area (Å²) < 4.78 is 31.6. The van der Waals surface area contributed by atoms with Crippen LogP contribution in [-0.2, 0) is 14.8 Å². The summed E-state index contributed by atoms with van der Waals surface area (Å²) in [6, 6.07) is 3.65. The molecule has 0 bridgehead atoms. The highest BCUT2D eigenvalue weighted by molar-refractivity contribution is 9.10. The minimum atomic E-state index is -3.21. The normalized spacial score (nSPS) is 17.3. The van der Waals surface area contributed by atoms with E-state index in [0.29, 0.717) is 38.7 Å². The van der Waals surface area contributed by atoms with E-state index in [1.807, 2.05) is 6.07 Å². The predicted molar refractivity (Wildman–Crippen MR) is 76.6 cm³/mol. The largest absolute Gasteiger partial charge is 0.379 e. The highest BCUT2D eigenvalue weighted by Crippen LogP contribution is 2.10. The second-order valence-corrected chi connectivity index (χ2v) is 7.12. The second-order valence-electron chi connectivity index (χ2n) is 4.12. The summed E-state index contributed by atoms with van der Waals surface area (Å²) in [5, 5.41) is 3.00. The van der Waals surface area contributed by atoms with Crippen LogP contribution in [0, 0.1) is 0 Å². The third-order valence-electron chi connectivity index (χ3n) is 2.76. The van der Waals surface area contributed by atoms with Crippen molar-refractivity contribution in [2.75, 3.05) is 43.9 Å². The van der Waals surface area contributed by atoms with E-state index in [4.69, 9.17) is 4.74 Å². The van der Waals surface area contributed by atoms with Gasteiger partial charge in [-0.3, -0.25) is 0 Å². The number of rotatable bonds is 5. The van der Waals surface area contributed by atoms with Crippen molar-refractivity contribution >= 4 is 31.8 Å². The third-order valence-corrected chi connectivity index (χ3v) is 5.10. The van der Waals surface area contributed by atoms with Gasteiger partial charge < -0.3 is 10.1 Å². The first-order valence-corrected chi connectivity index (χ1v) is 8.39. The Morgan fingerprint density at radius 2 is 2.11 bits per heavy atom. The number of nitrogens with one attached hydrogen (secondary N) is 1. The molecule has 1 aliphatic rings. The maximum atomic E-state index is 12.0. The molecule has 0 atom stereocenters. The zero-order valence-electron chi connectivity index (χ0n) is 10.4. The van der Waals surface area contributed by atoms with E-state index in [0.717, 1.165) is 4.47 Å². The predicted octanol–water partition coefficient (Wildman–Crippen LogP) is 0.918. The lowest BCUT2D eigenvalue weighted by Crippen LogP contribution is -2.42. The van der Waals surface area contributed by atoms with Crippen LogP contribution >= 0.6 is 15.9 Å². The summed E-state index contributed by atoms with van der Waals surface area (Å²) in [6.45, 7) is 2.17. The molecule has 1 aromatic rings. The fourth-order valence-corrected chi connectivity index (χ4v) is 3.30. The van der Waals surface area contributed by atoms with E-state index in [1.165, 1.54) is 4.31 Å². The topological polar surface area (TPSA) is 71.5 Å². The van der Waals surface area contributed by atoms with Gasteiger partial charge in [-0.2, -0.15) is 4.31 Å². The molecule has 0 aromatic carbocycles. The maximum Gasteiger partial charge on any atom is 0.215 e. The lowest BCUT2D eigenvalue weighted by molar-refractivity contribution is 0.0731. The summed E-state index contributed by atoms with van der Waals surface area (Å²) in [5.74, 6) is 0.727. The van der Waals surface area contributed by atoms with Crippen LogP contribution in [0.3, 0.4) is 0 Å². The molecule has 6 nitrogen and oxygen atoms in total. The molecule has 19 heavy (non-hydrogen) atoms. The number of ether oxygens (including phenoxy) is 1. The summed E-state index contributed by atoms with van der Waals surface area (Å²) in [5.41, 5.74) is 0. The van der Waals surface area contributed by atoms with Gasteiger partial charge in [0.1, 0.15) is 5.82 Å². The Morgan fingerprint density at radius 3 is 2.74 bits per heavy atom. The number of sulfonamides is 1. The van der Waals surface area contributed by atoms with Crippen LogP contribution < -0.4 is 5.32 Å². The first-order valence-electron chi connectivity index (χ1n) is 5.99. The highest BCUT2D eigenvalue weighted by Gasteiger charge is 2.23. The average Bonchev–Trinajstić information content (AvgIpc) is 2.42. The molecule has 106 valence electrons. The summed E-state index contributed by atoms with van der Waals surface area (Å²) in [4.78, 5) is 4.12. The highest BCUT2D eigenvalue weighted by atomic mass is 79.9. The van der Waals surface area contributed by atoms with Crippen LogP contribution in [0.4, 0.5) is 5.82 Å². The molecule has 1 aliphatic heterocycles. The smallest absolute Gasteiger partial charge is 0.215 e. The average molecular weight is 350 g/mol. The Hall–Kier alpha value is -0.700. The second kappa shape index (κ2) is 6.65. The number of aromatic nitrogens is 1. The molecule has 0 aliphatic carbocycles. The first kappa shape index (κ1) is 14.7. The molecular formula is C11H16BrN3O3S. The first-order chi connectivity index (χ1) is 9.08. The number of hydrogen-bond donors (Lipinski definition) is 1. The summed E-state index contributed by atoms with van der Waals surface area (Å²) in [7, 11) is -3.21. The van der Waals surface area contributed by atoms with Crippen LogP contribution in [0.5, 0.6) is 0 Å². The van der Waals surface area contributed by atoms with Gasteiger partial charge in [0.05, 0.1) is 19.0 Å². The van der Waals surface area contributed by atoms with Crippen molar-refractivity contribution in [1.29, 1.82) is 0 Å². The molecule has 0 spiro atoms. The zero-order valence-corrected chi connectivity index (χ0v) is 12.8. The molecule has 8 heteroatoms. The van der Waals surface area contributed by atoms with Gasteiger partial charge in [-0.05, 0) is 28.1 Å². The van der Waals surface area contributed by atoms with Crippen LogP contribution in [0.2, 0.25) is 0 Å². The molecule has 1 N–H and O–H groups in total. The molecule has 0 amide bonds. The Morgan fingerprint density at radius 1 is 1.37 bits per heavy atom. The lowest BCUT2D eigenvalue weighted by Gasteiger charge is -2.26. The van der Waals surface area contributed by atoms with Crippen molar-refractivity contribution in [3.05, 3.63) is 22.8 Å². The third kappa shape index (κ3) is 4.41. The Labute approximate surface area is 121 Å².